The van der Waals surface area contributed by atoms with Crippen molar-refractivity contribution in [3.63, 3.8) is 0 Å². The standard InChI is InChI=1S/C14H11N3O4/c18-12-3-5-17(14(21)16-12)8-6-10(13(19)20)9-2-1-4-15-11(9)7-8/h1-2,4,6-7H,3,5H2,(H,19,20)(H,16,18,21). The van der Waals surface area contributed by atoms with Crippen LogP contribution in [0.25, 0.3) is 10.9 Å². The number of amides is 3. The van der Waals surface area contributed by atoms with Crippen molar-refractivity contribution in [1.29, 1.82) is 0 Å². The molecule has 0 aliphatic carbocycles. The first-order chi connectivity index (χ1) is 10.1. The number of hydrogen-bond acceptors (Lipinski definition) is 4. The Labute approximate surface area is 119 Å². The molecule has 0 spiro atoms. The lowest BCUT2D eigenvalue weighted by Gasteiger charge is -2.27. The fourth-order valence-electron chi connectivity index (χ4n) is 2.31. The van der Waals surface area contributed by atoms with E-state index in [4.69, 9.17) is 0 Å². The number of carbonyl (C=O) groups excluding carboxylic acids is 2. The molecule has 21 heavy (non-hydrogen) atoms. The van der Waals surface area contributed by atoms with E-state index in [9.17, 15) is 19.5 Å². The molecule has 7 heteroatoms. The third-order valence-corrected chi connectivity index (χ3v) is 3.30. The highest BCUT2D eigenvalue weighted by molar-refractivity contribution is 6.09. The van der Waals surface area contributed by atoms with Crippen molar-refractivity contribution in [2.45, 2.75) is 6.42 Å². The van der Waals surface area contributed by atoms with Crippen LogP contribution < -0.4 is 10.2 Å². The van der Waals surface area contributed by atoms with Crippen LogP contribution in [0, 0.1) is 0 Å². The molecule has 7 nitrogen and oxygen atoms in total. The monoisotopic (exact) mass is 285 g/mol. The Morgan fingerprint density at radius 1 is 1.33 bits per heavy atom. The van der Waals surface area contributed by atoms with Crippen LogP contribution in [0.3, 0.4) is 0 Å². The van der Waals surface area contributed by atoms with E-state index in [1.807, 2.05) is 0 Å². The maximum absolute atomic E-state index is 11.8. The number of anilines is 1. The Hall–Kier alpha value is -2.96. The first-order valence-corrected chi connectivity index (χ1v) is 6.29. The van der Waals surface area contributed by atoms with Crippen LogP contribution in [0.5, 0.6) is 0 Å². The van der Waals surface area contributed by atoms with E-state index in [1.165, 1.54) is 11.0 Å². The molecule has 1 aromatic heterocycles. The minimum Gasteiger partial charge on any atom is -0.478 e. The minimum atomic E-state index is -1.09. The van der Waals surface area contributed by atoms with E-state index in [0.29, 0.717) is 16.6 Å². The van der Waals surface area contributed by atoms with Gasteiger partial charge in [-0.1, -0.05) is 6.07 Å². The van der Waals surface area contributed by atoms with Gasteiger partial charge in [0, 0.05) is 30.2 Å². The van der Waals surface area contributed by atoms with Crippen LogP contribution >= 0.6 is 0 Å². The molecular weight excluding hydrogens is 274 g/mol. The lowest BCUT2D eigenvalue weighted by atomic mass is 10.1. The molecule has 0 saturated carbocycles. The molecule has 3 amide bonds. The van der Waals surface area contributed by atoms with E-state index in [-0.39, 0.29) is 24.4 Å². The number of carboxylic acids is 1. The van der Waals surface area contributed by atoms with Gasteiger partial charge in [0.1, 0.15) is 0 Å². The molecule has 1 aliphatic rings. The van der Waals surface area contributed by atoms with Gasteiger partial charge in [0.05, 0.1) is 11.1 Å². The molecule has 1 fully saturated rings. The second-order valence-corrected chi connectivity index (χ2v) is 4.62. The zero-order valence-corrected chi connectivity index (χ0v) is 10.9. The molecule has 2 aromatic rings. The number of fused-ring (bicyclic) bond motifs is 1. The van der Waals surface area contributed by atoms with Gasteiger partial charge in [-0.25, -0.2) is 9.59 Å². The zero-order chi connectivity index (χ0) is 15.0. The summed E-state index contributed by atoms with van der Waals surface area (Å²) in [5.74, 6) is -1.43. The average molecular weight is 285 g/mol. The second kappa shape index (κ2) is 4.86. The summed E-state index contributed by atoms with van der Waals surface area (Å²) in [4.78, 5) is 39.9. The zero-order valence-electron chi connectivity index (χ0n) is 10.9. The summed E-state index contributed by atoms with van der Waals surface area (Å²) >= 11 is 0. The van der Waals surface area contributed by atoms with Gasteiger partial charge in [0.2, 0.25) is 5.91 Å². The first-order valence-electron chi connectivity index (χ1n) is 6.29. The van der Waals surface area contributed by atoms with Crippen molar-refractivity contribution < 1.29 is 19.5 Å². The van der Waals surface area contributed by atoms with Crippen molar-refractivity contribution in [2.24, 2.45) is 0 Å². The number of aromatic nitrogens is 1. The number of carbonyl (C=O) groups is 3. The van der Waals surface area contributed by atoms with E-state index >= 15 is 0 Å². The molecule has 2 N–H and O–H groups in total. The smallest absolute Gasteiger partial charge is 0.336 e. The van der Waals surface area contributed by atoms with Crippen molar-refractivity contribution >= 4 is 34.5 Å². The average Bonchev–Trinajstić information content (AvgIpc) is 2.46. The van der Waals surface area contributed by atoms with Crippen LogP contribution in [0.1, 0.15) is 16.8 Å². The third-order valence-electron chi connectivity index (χ3n) is 3.30. The summed E-state index contributed by atoms with van der Waals surface area (Å²) in [6, 6.07) is 5.81. The predicted octanol–water partition coefficient (Wildman–Crippen LogP) is 1.38. The molecule has 1 aliphatic heterocycles. The number of rotatable bonds is 2. The van der Waals surface area contributed by atoms with Gasteiger partial charge in [-0.3, -0.25) is 20.0 Å². The Kier molecular flexibility index (Phi) is 3.02. The van der Waals surface area contributed by atoms with Gasteiger partial charge in [-0.15, -0.1) is 0 Å². The maximum Gasteiger partial charge on any atom is 0.336 e. The number of imide groups is 1. The Morgan fingerprint density at radius 2 is 2.14 bits per heavy atom. The fourth-order valence-corrected chi connectivity index (χ4v) is 2.31. The van der Waals surface area contributed by atoms with Crippen molar-refractivity contribution in [1.82, 2.24) is 10.3 Å². The molecule has 0 atom stereocenters. The Morgan fingerprint density at radius 3 is 2.86 bits per heavy atom. The second-order valence-electron chi connectivity index (χ2n) is 4.62. The largest absolute Gasteiger partial charge is 0.478 e. The van der Waals surface area contributed by atoms with E-state index in [2.05, 4.69) is 10.3 Å². The number of pyridine rings is 1. The minimum absolute atomic E-state index is 0.0697. The van der Waals surface area contributed by atoms with Crippen LogP contribution in [0.4, 0.5) is 10.5 Å². The van der Waals surface area contributed by atoms with Gasteiger partial charge >= 0.3 is 12.0 Å². The predicted molar refractivity (Wildman–Crippen MR) is 74.2 cm³/mol. The summed E-state index contributed by atoms with van der Waals surface area (Å²) < 4.78 is 0. The van der Waals surface area contributed by atoms with Gasteiger partial charge in [0.25, 0.3) is 0 Å². The number of nitrogens with one attached hydrogen (secondary N) is 1. The van der Waals surface area contributed by atoms with Gasteiger partial charge in [0.15, 0.2) is 0 Å². The third kappa shape index (κ3) is 2.29. The van der Waals surface area contributed by atoms with E-state index < -0.39 is 12.0 Å². The molecule has 0 bridgehead atoms. The van der Waals surface area contributed by atoms with Crippen LogP contribution in [0.2, 0.25) is 0 Å². The Bertz CT molecular complexity index is 772. The Balaban J connectivity index is 2.13. The van der Waals surface area contributed by atoms with Crippen molar-refractivity contribution in [3.8, 4) is 0 Å². The maximum atomic E-state index is 11.8. The quantitative estimate of drug-likeness (QED) is 0.868. The highest BCUT2D eigenvalue weighted by Crippen LogP contribution is 2.26. The van der Waals surface area contributed by atoms with Crippen molar-refractivity contribution in [2.75, 3.05) is 11.4 Å². The fraction of sp³-hybridized carbons (Fsp3) is 0.143. The van der Waals surface area contributed by atoms with Crippen LogP contribution in [0.15, 0.2) is 30.5 Å². The summed E-state index contributed by atoms with van der Waals surface area (Å²) in [5, 5.41) is 12.0. The SMILES string of the molecule is O=C1CCN(c2cc(C(=O)O)c3cccnc3c2)C(=O)N1. The lowest BCUT2D eigenvalue weighted by Crippen LogP contribution is -2.49. The molecule has 0 radical (unpaired) electrons. The first kappa shape index (κ1) is 13.0. The molecule has 1 aromatic carbocycles. The van der Waals surface area contributed by atoms with Crippen LogP contribution in [-0.4, -0.2) is 34.5 Å². The number of urea groups is 1. The molecule has 2 heterocycles. The number of hydrogen-bond donors (Lipinski definition) is 2. The summed E-state index contributed by atoms with van der Waals surface area (Å²) in [6.45, 7) is 0.210. The number of benzene rings is 1. The van der Waals surface area contributed by atoms with Crippen molar-refractivity contribution in [3.05, 3.63) is 36.0 Å². The number of nitrogens with zero attached hydrogens (tertiary/aromatic N) is 2. The highest BCUT2D eigenvalue weighted by Gasteiger charge is 2.25. The molecule has 106 valence electrons. The number of aromatic carboxylic acids is 1. The van der Waals surface area contributed by atoms with Gasteiger partial charge in [-0.2, -0.15) is 0 Å². The summed E-state index contributed by atoms with van der Waals surface area (Å²) in [7, 11) is 0. The molecular formula is C14H11N3O4. The van der Waals surface area contributed by atoms with E-state index in [1.54, 1.807) is 24.4 Å². The normalized spacial score (nSPS) is 15.1. The highest BCUT2D eigenvalue weighted by atomic mass is 16.4. The van der Waals surface area contributed by atoms with Crippen LogP contribution in [-0.2, 0) is 4.79 Å². The molecule has 0 unspecified atom stereocenters. The summed E-state index contributed by atoms with van der Waals surface area (Å²) in [6.07, 6.45) is 1.73. The molecule has 3 rings (SSSR count). The van der Waals surface area contributed by atoms with Gasteiger partial charge in [-0.05, 0) is 18.2 Å². The molecule has 1 saturated heterocycles. The number of carboxylic acid groups (broad SMARTS) is 1. The van der Waals surface area contributed by atoms with E-state index in [0.717, 1.165) is 0 Å². The topological polar surface area (TPSA) is 99.6 Å². The summed E-state index contributed by atoms with van der Waals surface area (Å²) in [5.41, 5.74) is 0.959. The van der Waals surface area contributed by atoms with Gasteiger partial charge < -0.3 is 5.11 Å². The lowest BCUT2D eigenvalue weighted by molar-refractivity contribution is -0.120.